The first-order valence-electron chi connectivity index (χ1n) is 4.01. The molecule has 0 spiro atoms. The van der Waals surface area contributed by atoms with E-state index in [1.807, 2.05) is 0 Å². The number of phenolic OH excluding ortho intramolecular Hbond substituents is 2. The van der Waals surface area contributed by atoms with Crippen LogP contribution in [0.25, 0.3) is 0 Å². The Morgan fingerprint density at radius 3 is 2.27 bits per heavy atom. The minimum atomic E-state index is -4.30. The molecule has 1 atom stereocenters. The first-order chi connectivity index (χ1) is 6.86. The van der Waals surface area contributed by atoms with Gasteiger partial charge in [0, 0.05) is 0 Å². The topological polar surface area (TPSA) is 107 Å². The second kappa shape index (κ2) is 4.05. The molecule has 6 nitrogen and oxygen atoms in total. The molecule has 0 fully saturated rings. The van der Waals surface area contributed by atoms with E-state index in [0.29, 0.717) is 0 Å². The van der Waals surface area contributed by atoms with Crippen LogP contribution < -0.4 is 5.32 Å². The van der Waals surface area contributed by atoms with Gasteiger partial charge < -0.3 is 10.2 Å². The Kier molecular flexibility index (Phi) is 3.18. The van der Waals surface area contributed by atoms with E-state index in [0.717, 1.165) is 12.1 Å². The molecule has 15 heavy (non-hydrogen) atoms. The van der Waals surface area contributed by atoms with Crippen molar-refractivity contribution < 1.29 is 23.2 Å². The summed E-state index contributed by atoms with van der Waals surface area (Å²) in [6, 6.07) is 3.48. The number of aromatic hydroxyl groups is 2. The van der Waals surface area contributed by atoms with Gasteiger partial charge in [0.25, 0.3) is 10.1 Å². The first-order valence-corrected chi connectivity index (χ1v) is 5.52. The lowest BCUT2D eigenvalue weighted by Crippen LogP contribution is -2.24. The average molecular weight is 233 g/mol. The van der Waals surface area contributed by atoms with Crippen molar-refractivity contribution in [2.75, 3.05) is 7.05 Å². The molecule has 1 rings (SSSR count). The SMILES string of the molecule is CNC(c1ccc(O)c(O)c1)S(=O)(=O)O. The zero-order chi connectivity index (χ0) is 11.6. The molecule has 1 unspecified atom stereocenters. The van der Waals surface area contributed by atoms with Crippen LogP contribution in [0, 0.1) is 0 Å². The van der Waals surface area contributed by atoms with Crippen molar-refractivity contribution in [1.82, 2.24) is 5.32 Å². The van der Waals surface area contributed by atoms with Gasteiger partial charge in [0.15, 0.2) is 16.9 Å². The van der Waals surface area contributed by atoms with Crippen LogP contribution in [0.15, 0.2) is 18.2 Å². The number of nitrogens with one attached hydrogen (secondary N) is 1. The third kappa shape index (κ3) is 2.58. The summed E-state index contributed by atoms with van der Waals surface area (Å²) in [4.78, 5) is 0. The molecule has 84 valence electrons. The smallest absolute Gasteiger partial charge is 0.285 e. The fraction of sp³-hybridized carbons (Fsp3) is 0.250. The zero-order valence-corrected chi connectivity index (χ0v) is 8.69. The molecule has 0 saturated heterocycles. The van der Waals surface area contributed by atoms with E-state index in [2.05, 4.69) is 5.32 Å². The van der Waals surface area contributed by atoms with E-state index in [1.54, 1.807) is 0 Å². The van der Waals surface area contributed by atoms with E-state index in [4.69, 9.17) is 14.8 Å². The number of rotatable bonds is 3. The van der Waals surface area contributed by atoms with Crippen LogP contribution in [0.5, 0.6) is 11.5 Å². The minimum absolute atomic E-state index is 0.135. The van der Waals surface area contributed by atoms with E-state index < -0.39 is 21.2 Å². The summed E-state index contributed by atoms with van der Waals surface area (Å²) in [6.07, 6.45) is 0. The lowest BCUT2D eigenvalue weighted by molar-refractivity contribution is 0.402. The van der Waals surface area contributed by atoms with Crippen molar-refractivity contribution >= 4 is 10.1 Å². The molecule has 0 aromatic heterocycles. The highest BCUT2D eigenvalue weighted by atomic mass is 32.2. The van der Waals surface area contributed by atoms with Gasteiger partial charge in [-0.15, -0.1) is 0 Å². The highest BCUT2D eigenvalue weighted by Gasteiger charge is 2.23. The maximum atomic E-state index is 10.9. The van der Waals surface area contributed by atoms with Crippen molar-refractivity contribution in [3.8, 4) is 11.5 Å². The average Bonchev–Trinajstić information content (AvgIpc) is 2.10. The molecular formula is C8H11NO5S. The summed E-state index contributed by atoms with van der Waals surface area (Å²) >= 11 is 0. The van der Waals surface area contributed by atoms with Gasteiger partial charge in [-0.1, -0.05) is 6.07 Å². The van der Waals surface area contributed by atoms with Gasteiger partial charge in [0.2, 0.25) is 0 Å². The molecule has 1 aromatic rings. The Morgan fingerprint density at radius 1 is 1.27 bits per heavy atom. The molecule has 0 aliphatic heterocycles. The minimum Gasteiger partial charge on any atom is -0.504 e. The standard InChI is InChI=1S/C8H11NO5S/c1-9-8(15(12,13)14)5-2-3-6(10)7(11)4-5/h2-4,8-11H,1H3,(H,12,13,14). The Morgan fingerprint density at radius 2 is 1.87 bits per heavy atom. The zero-order valence-electron chi connectivity index (χ0n) is 7.88. The Bertz CT molecular complexity index is 456. The number of benzene rings is 1. The monoisotopic (exact) mass is 233 g/mol. The van der Waals surface area contributed by atoms with Crippen molar-refractivity contribution in [3.63, 3.8) is 0 Å². The van der Waals surface area contributed by atoms with E-state index >= 15 is 0 Å². The molecule has 0 saturated carbocycles. The molecular weight excluding hydrogens is 222 g/mol. The van der Waals surface area contributed by atoms with Gasteiger partial charge in [-0.2, -0.15) is 8.42 Å². The lowest BCUT2D eigenvalue weighted by Gasteiger charge is -2.13. The molecule has 0 bridgehead atoms. The van der Waals surface area contributed by atoms with Gasteiger partial charge in [0.05, 0.1) is 0 Å². The van der Waals surface area contributed by atoms with Crippen molar-refractivity contribution in [1.29, 1.82) is 0 Å². The second-order valence-corrected chi connectivity index (χ2v) is 4.43. The Balaban J connectivity index is 3.20. The van der Waals surface area contributed by atoms with Gasteiger partial charge in [-0.05, 0) is 24.7 Å². The fourth-order valence-electron chi connectivity index (χ4n) is 1.19. The maximum Gasteiger partial charge on any atom is 0.285 e. The molecule has 4 N–H and O–H groups in total. The summed E-state index contributed by atoms with van der Waals surface area (Å²) in [7, 11) is -2.95. The Hall–Kier alpha value is -1.31. The van der Waals surface area contributed by atoms with E-state index in [9.17, 15) is 8.42 Å². The number of hydrogen-bond acceptors (Lipinski definition) is 5. The summed E-state index contributed by atoms with van der Waals surface area (Å²) in [6.45, 7) is 0. The molecule has 0 aliphatic rings. The number of phenols is 2. The summed E-state index contributed by atoms with van der Waals surface area (Å²) in [5.74, 6) is -0.805. The molecule has 1 aromatic carbocycles. The van der Waals surface area contributed by atoms with Crippen LogP contribution in [-0.4, -0.2) is 30.2 Å². The highest BCUT2D eigenvalue weighted by Crippen LogP contribution is 2.29. The van der Waals surface area contributed by atoms with Crippen LogP contribution >= 0.6 is 0 Å². The van der Waals surface area contributed by atoms with Gasteiger partial charge in [-0.25, -0.2) is 0 Å². The quantitative estimate of drug-likeness (QED) is 0.439. The third-order valence-corrected chi connectivity index (χ3v) is 2.97. The van der Waals surface area contributed by atoms with Crippen molar-refractivity contribution in [2.24, 2.45) is 0 Å². The van der Waals surface area contributed by atoms with E-state index in [-0.39, 0.29) is 11.3 Å². The van der Waals surface area contributed by atoms with Crippen molar-refractivity contribution in [2.45, 2.75) is 5.37 Å². The van der Waals surface area contributed by atoms with Crippen LogP contribution in [0.2, 0.25) is 0 Å². The predicted molar refractivity (Wildman–Crippen MR) is 53.1 cm³/mol. The fourth-order valence-corrected chi connectivity index (χ4v) is 1.98. The predicted octanol–water partition coefficient (Wildman–Crippen LogP) is 0.204. The van der Waals surface area contributed by atoms with Crippen LogP contribution in [0.1, 0.15) is 10.9 Å². The molecule has 0 amide bonds. The molecule has 0 aliphatic carbocycles. The Labute approximate surface area is 86.9 Å². The maximum absolute atomic E-state index is 10.9. The van der Waals surface area contributed by atoms with Crippen molar-refractivity contribution in [3.05, 3.63) is 23.8 Å². The molecule has 7 heteroatoms. The second-order valence-electron chi connectivity index (χ2n) is 2.93. The summed E-state index contributed by atoms with van der Waals surface area (Å²) < 4.78 is 30.7. The first kappa shape index (κ1) is 11.8. The third-order valence-electron chi connectivity index (χ3n) is 1.86. The van der Waals surface area contributed by atoms with E-state index in [1.165, 1.54) is 13.1 Å². The van der Waals surface area contributed by atoms with Crippen LogP contribution in [0.4, 0.5) is 0 Å². The summed E-state index contributed by atoms with van der Waals surface area (Å²) in [5, 5.41) is 19.2. The van der Waals surface area contributed by atoms with Gasteiger partial charge in [0.1, 0.15) is 0 Å². The molecule has 0 heterocycles. The summed E-state index contributed by atoms with van der Waals surface area (Å²) in [5.41, 5.74) is 0.135. The molecule has 0 radical (unpaired) electrons. The largest absolute Gasteiger partial charge is 0.504 e. The van der Waals surface area contributed by atoms with Crippen LogP contribution in [-0.2, 0) is 10.1 Å². The van der Waals surface area contributed by atoms with Gasteiger partial charge in [-0.3, -0.25) is 9.87 Å². The van der Waals surface area contributed by atoms with Gasteiger partial charge >= 0.3 is 0 Å². The normalized spacial score (nSPS) is 13.7. The number of hydrogen-bond donors (Lipinski definition) is 4. The van der Waals surface area contributed by atoms with Crippen LogP contribution in [0.3, 0.4) is 0 Å². The highest BCUT2D eigenvalue weighted by molar-refractivity contribution is 7.86. The lowest BCUT2D eigenvalue weighted by atomic mass is 10.2.